The smallest absolute Gasteiger partial charge is 0.0448 e. The van der Waals surface area contributed by atoms with E-state index < -0.39 is 0 Å². The lowest BCUT2D eigenvalue weighted by atomic mass is 9.73. The molecule has 0 aromatic carbocycles. The van der Waals surface area contributed by atoms with Crippen molar-refractivity contribution in [2.75, 3.05) is 0 Å². The van der Waals surface area contributed by atoms with Crippen molar-refractivity contribution >= 4 is 0 Å². The van der Waals surface area contributed by atoms with E-state index >= 15 is 0 Å². The summed E-state index contributed by atoms with van der Waals surface area (Å²) in [7, 11) is 0. The summed E-state index contributed by atoms with van der Waals surface area (Å²) in [6.45, 7) is 0. The molecule has 30 heavy (non-hydrogen) atoms. The van der Waals surface area contributed by atoms with E-state index in [1.807, 2.05) is 11.3 Å². The predicted molar refractivity (Wildman–Crippen MR) is 118 cm³/mol. The van der Waals surface area contributed by atoms with Crippen molar-refractivity contribution in [1.29, 1.82) is 0 Å². The Kier molecular flexibility index (Phi) is 3.02. The van der Waals surface area contributed by atoms with Crippen LogP contribution >= 0.6 is 0 Å². The third-order valence-corrected chi connectivity index (χ3v) is 12.5. The van der Waals surface area contributed by atoms with Crippen molar-refractivity contribution in [3.8, 4) is 0 Å². The van der Waals surface area contributed by atoms with Crippen LogP contribution < -0.4 is 0 Å². The molecule has 0 spiro atoms. The highest BCUT2D eigenvalue weighted by atomic mass is 15.4. The van der Waals surface area contributed by atoms with Crippen LogP contribution in [0.4, 0.5) is 0 Å². The Labute approximate surface area is 182 Å². The number of rotatable bonds is 2. The minimum Gasteiger partial charge on any atom is -0.368 e. The van der Waals surface area contributed by atoms with Crippen LogP contribution in [0.5, 0.6) is 0 Å². The van der Waals surface area contributed by atoms with Crippen LogP contribution in [0, 0.1) is 5.92 Å². The van der Waals surface area contributed by atoms with E-state index in [0.717, 1.165) is 42.2 Å². The van der Waals surface area contributed by atoms with E-state index in [0.29, 0.717) is 11.1 Å². The van der Waals surface area contributed by atoms with Crippen molar-refractivity contribution < 1.29 is 0 Å². The lowest BCUT2D eigenvalue weighted by Gasteiger charge is -2.43. The molecule has 0 amide bonds. The molecular weight excluding hydrogens is 366 g/mol. The van der Waals surface area contributed by atoms with Crippen molar-refractivity contribution in [2.24, 2.45) is 5.92 Å². The van der Waals surface area contributed by atoms with Gasteiger partial charge >= 0.3 is 0 Å². The van der Waals surface area contributed by atoms with Gasteiger partial charge < -0.3 is 4.90 Å². The highest BCUT2D eigenvalue weighted by molar-refractivity contribution is 5.43. The molecular formula is C27H39N3. The SMILES string of the molecule is C1C[C@H]2CC(C34CC[C@H]5CC[C@@H](CC3)N54)=C3[C@H](C45CC[C@H]6CC[C@@H](CC4)N65)C[C@@H]1N32. The molecule has 9 aliphatic heterocycles. The minimum absolute atomic E-state index is 0.510. The summed E-state index contributed by atoms with van der Waals surface area (Å²) in [5, 5.41) is 0. The van der Waals surface area contributed by atoms with Gasteiger partial charge in [-0.2, -0.15) is 0 Å². The first kappa shape index (κ1) is 17.0. The molecule has 0 aliphatic carbocycles. The molecule has 3 heteroatoms. The summed E-state index contributed by atoms with van der Waals surface area (Å²) >= 11 is 0. The fourth-order valence-corrected chi connectivity index (χ4v) is 11.8. The number of hydrogen-bond acceptors (Lipinski definition) is 3. The largest absolute Gasteiger partial charge is 0.368 e. The maximum absolute atomic E-state index is 3.17. The second kappa shape index (κ2) is 5.33. The van der Waals surface area contributed by atoms with Crippen LogP contribution in [-0.4, -0.2) is 62.0 Å². The van der Waals surface area contributed by atoms with Crippen LogP contribution in [0.25, 0.3) is 0 Å². The Balaban J connectivity index is 1.21. The Morgan fingerprint density at radius 2 is 1.13 bits per heavy atom. The van der Waals surface area contributed by atoms with Gasteiger partial charge in [0, 0.05) is 58.9 Å². The quantitative estimate of drug-likeness (QED) is 0.652. The van der Waals surface area contributed by atoms with Crippen LogP contribution in [0.15, 0.2) is 11.3 Å². The van der Waals surface area contributed by atoms with Gasteiger partial charge in [0.25, 0.3) is 0 Å². The first-order valence-corrected chi connectivity index (χ1v) is 13.9. The van der Waals surface area contributed by atoms with Crippen LogP contribution in [0.3, 0.4) is 0 Å². The van der Waals surface area contributed by atoms with Gasteiger partial charge in [-0.1, -0.05) is 0 Å². The van der Waals surface area contributed by atoms with E-state index in [1.165, 1.54) is 103 Å². The molecule has 9 aliphatic rings. The third-order valence-electron chi connectivity index (χ3n) is 12.5. The Morgan fingerprint density at radius 3 is 1.83 bits per heavy atom. The van der Waals surface area contributed by atoms with E-state index in [1.54, 1.807) is 0 Å². The second-order valence-electron chi connectivity index (χ2n) is 13.0. The lowest BCUT2D eigenvalue weighted by molar-refractivity contribution is 0.0968. The maximum atomic E-state index is 3.17. The first-order valence-electron chi connectivity index (χ1n) is 13.9. The van der Waals surface area contributed by atoms with Gasteiger partial charge in [0.1, 0.15) is 0 Å². The number of hydrogen-bond donors (Lipinski definition) is 0. The van der Waals surface area contributed by atoms with Gasteiger partial charge in [-0.25, -0.2) is 0 Å². The lowest BCUT2D eigenvalue weighted by Crippen LogP contribution is -2.49. The summed E-state index contributed by atoms with van der Waals surface area (Å²) in [6.07, 6.45) is 24.2. The predicted octanol–water partition coefficient (Wildman–Crippen LogP) is 4.82. The van der Waals surface area contributed by atoms with E-state index in [-0.39, 0.29) is 0 Å². The van der Waals surface area contributed by atoms with Crippen molar-refractivity contribution in [3.63, 3.8) is 0 Å². The van der Waals surface area contributed by atoms with Gasteiger partial charge in [0.2, 0.25) is 0 Å². The van der Waals surface area contributed by atoms with Gasteiger partial charge in [0.15, 0.2) is 0 Å². The fourth-order valence-electron chi connectivity index (χ4n) is 11.8. The van der Waals surface area contributed by atoms with Crippen LogP contribution in [0.2, 0.25) is 0 Å². The summed E-state index contributed by atoms with van der Waals surface area (Å²) in [6, 6.07) is 5.60. The third kappa shape index (κ3) is 1.70. The normalized spacial score (nSPS) is 58.0. The average Bonchev–Trinajstić information content (AvgIpc) is 3.57. The molecule has 9 rings (SSSR count). The zero-order valence-electron chi connectivity index (χ0n) is 18.7. The second-order valence-corrected chi connectivity index (χ2v) is 13.0. The highest BCUT2D eigenvalue weighted by Gasteiger charge is 2.67. The molecule has 0 aromatic heterocycles. The monoisotopic (exact) mass is 405 g/mol. The molecule has 162 valence electrons. The molecule has 0 radical (unpaired) electrons. The van der Waals surface area contributed by atoms with E-state index in [2.05, 4.69) is 14.7 Å². The van der Waals surface area contributed by atoms with Gasteiger partial charge in [-0.3, -0.25) is 9.80 Å². The number of nitrogens with zero attached hydrogens (tertiary/aromatic N) is 3. The molecule has 3 nitrogen and oxygen atoms in total. The Morgan fingerprint density at radius 1 is 0.567 bits per heavy atom. The first-order chi connectivity index (χ1) is 14.8. The topological polar surface area (TPSA) is 9.72 Å². The molecule has 0 saturated carbocycles. The maximum Gasteiger partial charge on any atom is 0.0448 e. The fraction of sp³-hybridized carbons (Fsp3) is 0.926. The molecule has 2 unspecified atom stereocenters. The summed E-state index contributed by atoms with van der Waals surface area (Å²) in [5.41, 5.74) is 5.11. The molecule has 0 aromatic rings. The Bertz CT molecular complexity index is 813. The Hall–Kier alpha value is -0.540. The summed E-state index contributed by atoms with van der Waals surface area (Å²) in [5.74, 6) is 0.894. The average molecular weight is 406 g/mol. The zero-order valence-corrected chi connectivity index (χ0v) is 18.7. The molecule has 0 bridgehead atoms. The molecule has 9 heterocycles. The van der Waals surface area contributed by atoms with Crippen LogP contribution in [0.1, 0.15) is 103 Å². The molecule has 8 fully saturated rings. The standard InChI is InChI=1S/C27H39N3/c1-2-18-8-12-26(11-7-17(1)29(18)26)23-15-21-5-6-22-16-24(25(23)28(21)22)27-13-9-19-3-4-20(10-14-27)30(19)27/h17-23H,1-16H2/t17-,18+,19-,20+,21-,22+,23-,26?,27?/m1/s1. The molecule has 0 N–H and O–H groups in total. The van der Waals surface area contributed by atoms with E-state index in [4.69, 9.17) is 0 Å². The minimum atomic E-state index is 0.510. The highest BCUT2D eigenvalue weighted by Crippen LogP contribution is 2.66. The van der Waals surface area contributed by atoms with Crippen molar-refractivity contribution in [1.82, 2.24) is 14.7 Å². The van der Waals surface area contributed by atoms with Gasteiger partial charge in [0.05, 0.1) is 0 Å². The van der Waals surface area contributed by atoms with Crippen molar-refractivity contribution in [2.45, 2.75) is 150 Å². The zero-order chi connectivity index (χ0) is 19.2. The summed E-state index contributed by atoms with van der Waals surface area (Å²) in [4.78, 5) is 9.40. The van der Waals surface area contributed by atoms with E-state index in [9.17, 15) is 0 Å². The molecule has 9 atom stereocenters. The van der Waals surface area contributed by atoms with Crippen molar-refractivity contribution in [3.05, 3.63) is 11.3 Å². The van der Waals surface area contributed by atoms with Crippen LogP contribution in [-0.2, 0) is 0 Å². The molecule has 8 saturated heterocycles. The van der Waals surface area contributed by atoms with Gasteiger partial charge in [-0.05, 0) is 108 Å². The van der Waals surface area contributed by atoms with Gasteiger partial charge in [-0.15, -0.1) is 0 Å². The summed E-state index contributed by atoms with van der Waals surface area (Å²) < 4.78 is 0.